The molecule has 0 unspecified atom stereocenters. The van der Waals surface area contributed by atoms with Gasteiger partial charge < -0.3 is 15.5 Å². The Balaban J connectivity index is 1.42. The quantitative estimate of drug-likeness (QED) is 0.465. The van der Waals surface area contributed by atoms with Crippen LogP contribution in [0.2, 0.25) is 5.15 Å². The zero-order valence-corrected chi connectivity index (χ0v) is 19.4. The summed E-state index contributed by atoms with van der Waals surface area (Å²) in [6.45, 7) is 4.88. The molecule has 4 rings (SSSR count). The monoisotopic (exact) mass is 461 g/mol. The molecule has 1 aromatic carbocycles. The lowest BCUT2D eigenvalue weighted by Crippen LogP contribution is -2.41. The maximum atomic E-state index is 13.4. The number of rotatable bonds is 5. The first kappa shape index (κ1) is 22.2. The second-order valence-electron chi connectivity index (χ2n) is 8.87. The summed E-state index contributed by atoms with van der Waals surface area (Å²) in [6.07, 6.45) is 6.82. The van der Waals surface area contributed by atoms with Crippen molar-refractivity contribution in [3.05, 3.63) is 46.9 Å². The third-order valence-corrected chi connectivity index (χ3v) is 6.93. The van der Waals surface area contributed by atoms with E-state index in [1.807, 2.05) is 18.2 Å². The van der Waals surface area contributed by atoms with Gasteiger partial charge in [-0.25, -0.2) is 9.37 Å². The Hall–Kier alpha value is -1.99. The highest BCUT2D eigenvalue weighted by Gasteiger charge is 2.35. The number of hydrogen-bond acceptors (Lipinski definition) is 4. The van der Waals surface area contributed by atoms with Gasteiger partial charge in [-0.2, -0.15) is 4.98 Å². The predicted octanol–water partition coefficient (Wildman–Crippen LogP) is 5.30. The van der Waals surface area contributed by atoms with Gasteiger partial charge in [-0.15, -0.1) is 0 Å². The summed E-state index contributed by atoms with van der Waals surface area (Å²) in [5.41, 5.74) is 1.12. The molecular formula is C23H29ClFN5S. The fourth-order valence-electron chi connectivity index (χ4n) is 4.84. The molecule has 1 saturated carbocycles. The van der Waals surface area contributed by atoms with Gasteiger partial charge in [0, 0.05) is 31.1 Å². The summed E-state index contributed by atoms with van der Waals surface area (Å²) in [7, 11) is 0. The number of piperidine rings is 1. The normalized spacial score (nSPS) is 20.5. The van der Waals surface area contributed by atoms with Gasteiger partial charge >= 0.3 is 0 Å². The van der Waals surface area contributed by atoms with E-state index in [2.05, 4.69) is 32.4 Å². The highest BCUT2D eigenvalue weighted by atomic mass is 35.5. The molecule has 1 aliphatic heterocycles. The van der Waals surface area contributed by atoms with Crippen molar-refractivity contribution in [3.8, 4) is 0 Å². The first-order chi connectivity index (χ1) is 14.9. The van der Waals surface area contributed by atoms with Crippen LogP contribution in [0.5, 0.6) is 0 Å². The second-order valence-corrected chi connectivity index (χ2v) is 9.66. The number of nitrogens with one attached hydrogen (secondary N) is 2. The van der Waals surface area contributed by atoms with Crippen molar-refractivity contribution in [3.63, 3.8) is 0 Å². The summed E-state index contributed by atoms with van der Waals surface area (Å²) in [4.78, 5) is 11.2. The van der Waals surface area contributed by atoms with Gasteiger partial charge in [0.2, 0.25) is 5.95 Å². The molecule has 5 nitrogen and oxygen atoms in total. The predicted molar refractivity (Wildman–Crippen MR) is 128 cm³/mol. The van der Waals surface area contributed by atoms with Gasteiger partial charge in [0.05, 0.1) is 0 Å². The van der Waals surface area contributed by atoms with E-state index in [-0.39, 0.29) is 11.2 Å². The Morgan fingerprint density at radius 2 is 1.97 bits per heavy atom. The molecule has 1 saturated heterocycles. The molecule has 0 radical (unpaired) electrons. The fraction of sp³-hybridized carbons (Fsp3) is 0.522. The van der Waals surface area contributed by atoms with Crippen molar-refractivity contribution in [2.24, 2.45) is 5.92 Å². The number of aromatic nitrogens is 2. The van der Waals surface area contributed by atoms with Crippen LogP contribution >= 0.6 is 23.8 Å². The highest BCUT2D eigenvalue weighted by molar-refractivity contribution is 7.80. The summed E-state index contributed by atoms with van der Waals surface area (Å²) in [5, 5.41) is 7.31. The first-order valence-electron chi connectivity index (χ1n) is 11.0. The van der Waals surface area contributed by atoms with Gasteiger partial charge in [0.25, 0.3) is 0 Å². The van der Waals surface area contributed by atoms with Crippen molar-refractivity contribution in [1.82, 2.24) is 15.3 Å². The van der Waals surface area contributed by atoms with E-state index in [0.29, 0.717) is 28.7 Å². The molecule has 1 aliphatic carbocycles. The fourth-order valence-corrected chi connectivity index (χ4v) is 5.18. The van der Waals surface area contributed by atoms with Crippen molar-refractivity contribution in [1.29, 1.82) is 0 Å². The topological polar surface area (TPSA) is 53.1 Å². The molecule has 0 spiro atoms. The van der Waals surface area contributed by atoms with E-state index in [1.54, 1.807) is 0 Å². The Labute approximate surface area is 193 Å². The number of thiocarbonyl (C=S) groups is 1. The van der Waals surface area contributed by atoms with Crippen LogP contribution in [0.4, 0.5) is 16.2 Å². The minimum atomic E-state index is -0.209. The van der Waals surface area contributed by atoms with Crippen LogP contribution in [0.25, 0.3) is 0 Å². The molecule has 31 heavy (non-hydrogen) atoms. The SMILES string of the molecule is C[C@H]1CCCN(c2cc(Cl)nc(NC(=S)NCC3(c4ccc(F)cc4)CCCC3)n2)C1. The van der Waals surface area contributed by atoms with Gasteiger partial charge in [-0.05, 0) is 61.5 Å². The summed E-state index contributed by atoms with van der Waals surface area (Å²) in [5.74, 6) is 1.66. The van der Waals surface area contributed by atoms with E-state index in [4.69, 9.17) is 23.8 Å². The average Bonchev–Trinajstić information content (AvgIpc) is 3.22. The van der Waals surface area contributed by atoms with Gasteiger partial charge in [0.15, 0.2) is 5.11 Å². The van der Waals surface area contributed by atoms with Crippen molar-refractivity contribution in [2.75, 3.05) is 29.9 Å². The standard InChI is InChI=1S/C23H29ClFN5S/c1-16-5-4-12-30(14-16)20-13-19(24)27-21(28-20)29-22(31)26-15-23(10-2-3-11-23)17-6-8-18(25)9-7-17/h6-9,13,16H,2-5,10-12,14-15H2,1H3,(H2,26,27,28,29,31)/t16-/m0/s1. The molecule has 1 atom stereocenters. The van der Waals surface area contributed by atoms with E-state index >= 15 is 0 Å². The molecule has 0 bridgehead atoms. The van der Waals surface area contributed by atoms with Gasteiger partial charge in [-0.3, -0.25) is 0 Å². The molecule has 2 fully saturated rings. The lowest BCUT2D eigenvalue weighted by molar-refractivity contribution is 0.434. The number of benzene rings is 1. The van der Waals surface area contributed by atoms with Crippen molar-refractivity contribution >= 4 is 40.7 Å². The zero-order chi connectivity index (χ0) is 21.8. The molecule has 1 aromatic heterocycles. The summed E-state index contributed by atoms with van der Waals surface area (Å²) < 4.78 is 13.4. The van der Waals surface area contributed by atoms with Gasteiger partial charge in [-0.1, -0.05) is 43.5 Å². The largest absolute Gasteiger partial charge is 0.361 e. The molecule has 2 aliphatic rings. The van der Waals surface area contributed by atoms with Crippen LogP contribution in [0.3, 0.4) is 0 Å². The van der Waals surface area contributed by atoms with Crippen LogP contribution in [0, 0.1) is 11.7 Å². The molecule has 2 N–H and O–H groups in total. The Bertz CT molecular complexity index is 917. The first-order valence-corrected chi connectivity index (χ1v) is 11.8. The van der Waals surface area contributed by atoms with Crippen LogP contribution in [-0.2, 0) is 5.41 Å². The van der Waals surface area contributed by atoms with Crippen LogP contribution in [0.15, 0.2) is 30.3 Å². The molecule has 2 heterocycles. The average molecular weight is 462 g/mol. The van der Waals surface area contributed by atoms with Crippen molar-refractivity contribution in [2.45, 2.75) is 50.9 Å². The number of halogens is 2. The molecular weight excluding hydrogens is 433 g/mol. The second kappa shape index (κ2) is 9.65. The smallest absolute Gasteiger partial charge is 0.232 e. The van der Waals surface area contributed by atoms with Crippen molar-refractivity contribution < 1.29 is 4.39 Å². The Morgan fingerprint density at radius 1 is 1.23 bits per heavy atom. The highest BCUT2D eigenvalue weighted by Crippen LogP contribution is 2.40. The number of hydrogen-bond donors (Lipinski definition) is 2. The Kier molecular flexibility index (Phi) is 6.92. The molecule has 0 amide bonds. The molecule has 2 aromatic rings. The van der Waals surface area contributed by atoms with Crippen LogP contribution in [0.1, 0.15) is 51.0 Å². The molecule has 166 valence electrons. The molecule has 8 heteroatoms. The number of anilines is 2. The summed E-state index contributed by atoms with van der Waals surface area (Å²) in [6, 6.07) is 8.67. The lowest BCUT2D eigenvalue weighted by Gasteiger charge is -2.32. The third kappa shape index (κ3) is 5.44. The van der Waals surface area contributed by atoms with Crippen LogP contribution in [-0.4, -0.2) is 34.7 Å². The number of nitrogens with zero attached hydrogens (tertiary/aromatic N) is 3. The van der Waals surface area contributed by atoms with E-state index in [0.717, 1.165) is 56.6 Å². The van der Waals surface area contributed by atoms with Crippen LogP contribution < -0.4 is 15.5 Å². The van der Waals surface area contributed by atoms with Gasteiger partial charge in [0.1, 0.15) is 16.8 Å². The minimum absolute atomic E-state index is 0.0380. The third-order valence-electron chi connectivity index (χ3n) is 6.49. The Morgan fingerprint density at radius 3 is 2.68 bits per heavy atom. The maximum absolute atomic E-state index is 13.4. The van der Waals surface area contributed by atoms with E-state index < -0.39 is 0 Å². The lowest BCUT2D eigenvalue weighted by atomic mass is 9.79. The van der Waals surface area contributed by atoms with E-state index in [9.17, 15) is 4.39 Å². The summed E-state index contributed by atoms with van der Waals surface area (Å²) >= 11 is 11.8. The minimum Gasteiger partial charge on any atom is -0.361 e. The maximum Gasteiger partial charge on any atom is 0.232 e. The zero-order valence-electron chi connectivity index (χ0n) is 17.8. The van der Waals surface area contributed by atoms with E-state index in [1.165, 1.54) is 18.6 Å².